The van der Waals surface area contributed by atoms with Gasteiger partial charge in [-0.15, -0.1) is 0 Å². The summed E-state index contributed by atoms with van der Waals surface area (Å²) in [7, 11) is 0. The number of nitrogens with one attached hydrogen (secondary N) is 2. The second-order valence-electron chi connectivity index (χ2n) is 4.60. The molecule has 1 atom stereocenters. The number of rotatable bonds is 5. The topological polar surface area (TPSA) is 83.8 Å². The third-order valence-corrected chi connectivity index (χ3v) is 2.99. The van der Waals surface area contributed by atoms with Crippen LogP contribution in [0.5, 0.6) is 0 Å². The van der Waals surface area contributed by atoms with Gasteiger partial charge in [0.1, 0.15) is 0 Å². The molecule has 0 radical (unpaired) electrons. The molecule has 0 aliphatic carbocycles. The molecule has 18 heavy (non-hydrogen) atoms. The van der Waals surface area contributed by atoms with Gasteiger partial charge < -0.3 is 11.1 Å². The van der Waals surface area contributed by atoms with E-state index in [-0.39, 0.29) is 5.91 Å². The average molecular weight is 246 g/mol. The van der Waals surface area contributed by atoms with E-state index in [1.165, 1.54) is 0 Å². The van der Waals surface area contributed by atoms with E-state index >= 15 is 0 Å². The summed E-state index contributed by atoms with van der Waals surface area (Å²) in [6.45, 7) is 2.66. The van der Waals surface area contributed by atoms with Crippen LogP contribution in [-0.2, 0) is 4.79 Å². The Bertz CT molecular complexity index is 535. The van der Waals surface area contributed by atoms with Gasteiger partial charge in [0.25, 0.3) is 0 Å². The number of amides is 1. The smallest absolute Gasteiger partial charge is 0.224 e. The highest BCUT2D eigenvalue weighted by Gasteiger charge is 2.06. The number of nitrogens with two attached hydrogens (primary N) is 1. The number of carbonyl (C=O) groups excluding carboxylic acids is 1. The van der Waals surface area contributed by atoms with Crippen molar-refractivity contribution in [2.45, 2.75) is 19.8 Å². The number of aromatic amines is 1. The minimum absolute atomic E-state index is 0.0224. The van der Waals surface area contributed by atoms with Crippen LogP contribution in [0.3, 0.4) is 0 Å². The molecular weight excluding hydrogens is 228 g/mol. The van der Waals surface area contributed by atoms with Crippen molar-refractivity contribution in [3.63, 3.8) is 0 Å². The van der Waals surface area contributed by atoms with Gasteiger partial charge in [-0.1, -0.05) is 6.92 Å². The maximum Gasteiger partial charge on any atom is 0.224 e. The molecule has 0 bridgehead atoms. The largest absolute Gasteiger partial charge is 0.330 e. The lowest BCUT2D eigenvalue weighted by molar-refractivity contribution is -0.116. The highest BCUT2D eigenvalue weighted by atomic mass is 16.1. The first-order valence-electron chi connectivity index (χ1n) is 6.12. The number of anilines is 1. The Labute approximate surface area is 106 Å². The normalized spacial score (nSPS) is 12.6. The molecule has 2 aromatic rings. The van der Waals surface area contributed by atoms with E-state index in [0.29, 0.717) is 18.9 Å². The fraction of sp³-hybridized carbons (Fsp3) is 0.385. The lowest BCUT2D eigenvalue weighted by atomic mass is 10.1. The van der Waals surface area contributed by atoms with E-state index in [1.54, 1.807) is 6.20 Å². The zero-order valence-electron chi connectivity index (χ0n) is 10.4. The van der Waals surface area contributed by atoms with Gasteiger partial charge in [-0.05, 0) is 37.1 Å². The molecule has 5 heteroatoms. The van der Waals surface area contributed by atoms with Crippen LogP contribution in [0.1, 0.15) is 19.8 Å². The van der Waals surface area contributed by atoms with Gasteiger partial charge in [-0.3, -0.25) is 9.89 Å². The molecular formula is C13H18N4O. The van der Waals surface area contributed by atoms with Crippen LogP contribution < -0.4 is 11.1 Å². The number of H-pyrrole nitrogens is 1. The number of benzene rings is 1. The summed E-state index contributed by atoms with van der Waals surface area (Å²) in [5.74, 6) is 0.403. The molecule has 96 valence electrons. The molecule has 0 saturated carbocycles. The first-order valence-corrected chi connectivity index (χ1v) is 6.12. The molecule has 0 aliphatic heterocycles. The highest BCUT2D eigenvalue weighted by Crippen LogP contribution is 2.17. The van der Waals surface area contributed by atoms with Gasteiger partial charge in [-0.2, -0.15) is 5.10 Å². The summed E-state index contributed by atoms with van der Waals surface area (Å²) in [4.78, 5) is 11.7. The van der Waals surface area contributed by atoms with Gasteiger partial charge in [0, 0.05) is 17.5 Å². The van der Waals surface area contributed by atoms with Crippen LogP contribution in [0.15, 0.2) is 24.4 Å². The summed E-state index contributed by atoms with van der Waals surface area (Å²) in [5.41, 5.74) is 7.23. The van der Waals surface area contributed by atoms with Crippen LogP contribution >= 0.6 is 0 Å². The molecule has 0 saturated heterocycles. The summed E-state index contributed by atoms with van der Waals surface area (Å²) in [6.07, 6.45) is 3.07. The zero-order chi connectivity index (χ0) is 13.0. The van der Waals surface area contributed by atoms with Crippen molar-refractivity contribution in [3.8, 4) is 0 Å². The number of aromatic nitrogens is 2. The molecule has 1 heterocycles. The predicted octanol–water partition coefficient (Wildman–Crippen LogP) is 1.88. The molecule has 0 spiro atoms. The van der Waals surface area contributed by atoms with Gasteiger partial charge >= 0.3 is 0 Å². The Morgan fingerprint density at radius 2 is 2.39 bits per heavy atom. The first kappa shape index (κ1) is 12.6. The van der Waals surface area contributed by atoms with Crippen molar-refractivity contribution in [1.82, 2.24) is 10.2 Å². The monoisotopic (exact) mass is 246 g/mol. The molecule has 0 fully saturated rings. The fourth-order valence-electron chi connectivity index (χ4n) is 1.73. The SMILES string of the molecule is CC(CN)CCC(=O)Nc1ccc2cn[nH]c2c1. The number of hydrogen-bond acceptors (Lipinski definition) is 3. The molecule has 4 N–H and O–H groups in total. The number of carbonyl (C=O) groups is 1. The van der Waals surface area contributed by atoms with Crippen molar-refractivity contribution < 1.29 is 4.79 Å². The number of hydrogen-bond donors (Lipinski definition) is 3. The molecule has 1 aromatic carbocycles. The van der Waals surface area contributed by atoms with Crippen LogP contribution in [0.4, 0.5) is 5.69 Å². The second kappa shape index (κ2) is 5.64. The van der Waals surface area contributed by atoms with Gasteiger partial charge in [-0.25, -0.2) is 0 Å². The van der Waals surface area contributed by atoms with E-state index in [4.69, 9.17) is 5.73 Å². The van der Waals surface area contributed by atoms with Gasteiger partial charge in [0.05, 0.1) is 11.7 Å². The van der Waals surface area contributed by atoms with Crippen molar-refractivity contribution in [3.05, 3.63) is 24.4 Å². The Morgan fingerprint density at radius 3 is 3.17 bits per heavy atom. The highest BCUT2D eigenvalue weighted by molar-refractivity contribution is 5.93. The summed E-state index contributed by atoms with van der Waals surface area (Å²) in [6, 6.07) is 5.69. The van der Waals surface area contributed by atoms with Crippen molar-refractivity contribution in [2.24, 2.45) is 11.7 Å². The third kappa shape index (κ3) is 3.07. The van der Waals surface area contributed by atoms with Crippen LogP contribution in [0.25, 0.3) is 10.9 Å². The Balaban J connectivity index is 1.94. The van der Waals surface area contributed by atoms with Crippen molar-refractivity contribution in [2.75, 3.05) is 11.9 Å². The zero-order valence-corrected chi connectivity index (χ0v) is 10.4. The second-order valence-corrected chi connectivity index (χ2v) is 4.60. The summed E-state index contributed by atoms with van der Waals surface area (Å²) < 4.78 is 0. The minimum atomic E-state index is 0.0224. The van der Waals surface area contributed by atoms with Crippen LogP contribution in [0, 0.1) is 5.92 Å². The van der Waals surface area contributed by atoms with Gasteiger partial charge in [0.2, 0.25) is 5.91 Å². The van der Waals surface area contributed by atoms with Gasteiger partial charge in [0.15, 0.2) is 0 Å². The molecule has 5 nitrogen and oxygen atoms in total. The van der Waals surface area contributed by atoms with Crippen molar-refractivity contribution in [1.29, 1.82) is 0 Å². The fourth-order valence-corrected chi connectivity index (χ4v) is 1.73. The molecule has 1 aromatic heterocycles. The van der Waals surface area contributed by atoms with Crippen molar-refractivity contribution >= 4 is 22.5 Å². The number of nitrogens with zero attached hydrogens (tertiary/aromatic N) is 1. The molecule has 1 unspecified atom stereocenters. The Hall–Kier alpha value is -1.88. The standard InChI is InChI=1S/C13H18N4O/c1-9(7-14)2-5-13(18)16-11-4-3-10-8-15-17-12(10)6-11/h3-4,6,8-9H,2,5,7,14H2,1H3,(H,15,17)(H,16,18). The maximum atomic E-state index is 11.7. The van der Waals surface area contributed by atoms with E-state index in [1.807, 2.05) is 25.1 Å². The Morgan fingerprint density at radius 1 is 1.56 bits per heavy atom. The Kier molecular flexibility index (Phi) is 3.94. The van der Waals surface area contributed by atoms with E-state index in [0.717, 1.165) is 23.0 Å². The molecule has 2 rings (SSSR count). The average Bonchev–Trinajstić information content (AvgIpc) is 2.83. The summed E-state index contributed by atoms with van der Waals surface area (Å²) >= 11 is 0. The summed E-state index contributed by atoms with van der Waals surface area (Å²) in [5, 5.41) is 10.7. The minimum Gasteiger partial charge on any atom is -0.330 e. The predicted molar refractivity (Wildman–Crippen MR) is 72.2 cm³/mol. The van der Waals surface area contributed by atoms with E-state index < -0.39 is 0 Å². The lowest BCUT2D eigenvalue weighted by Gasteiger charge is -2.08. The van der Waals surface area contributed by atoms with E-state index in [9.17, 15) is 4.79 Å². The third-order valence-electron chi connectivity index (χ3n) is 2.99. The van der Waals surface area contributed by atoms with Crippen LogP contribution in [0.2, 0.25) is 0 Å². The lowest BCUT2D eigenvalue weighted by Crippen LogP contribution is -2.16. The quantitative estimate of drug-likeness (QED) is 0.753. The maximum absolute atomic E-state index is 11.7. The molecule has 0 aliphatic rings. The van der Waals surface area contributed by atoms with Crippen LogP contribution in [-0.4, -0.2) is 22.6 Å². The first-order chi connectivity index (χ1) is 8.69. The van der Waals surface area contributed by atoms with E-state index in [2.05, 4.69) is 15.5 Å². The number of fused-ring (bicyclic) bond motifs is 1. The molecule has 1 amide bonds.